The van der Waals surface area contributed by atoms with E-state index in [0.717, 1.165) is 16.8 Å². The highest BCUT2D eigenvalue weighted by atomic mass is 127. The van der Waals surface area contributed by atoms with Gasteiger partial charge in [-0.1, -0.05) is 24.3 Å². The molecule has 2 aromatic rings. The number of ether oxygens (including phenoxy) is 1. The van der Waals surface area contributed by atoms with Crippen molar-refractivity contribution in [3.8, 4) is 5.75 Å². The summed E-state index contributed by atoms with van der Waals surface area (Å²) in [4.78, 5) is 4.07. The fraction of sp³-hybridized carbons (Fsp3) is 0.235. The summed E-state index contributed by atoms with van der Waals surface area (Å²) in [5, 5.41) is 2.91. The Labute approximate surface area is 161 Å². The first-order valence-corrected chi connectivity index (χ1v) is 7.22. The van der Waals surface area contributed by atoms with E-state index in [1.54, 1.807) is 6.07 Å². The number of aryl methyl sites for hydroxylation is 2. The molecule has 0 aliphatic carbocycles. The van der Waals surface area contributed by atoms with Crippen LogP contribution in [0.15, 0.2) is 47.5 Å². The molecule has 0 radical (unpaired) electrons. The van der Waals surface area contributed by atoms with Gasteiger partial charge in [0.25, 0.3) is 0 Å². The summed E-state index contributed by atoms with van der Waals surface area (Å²) in [6.07, 6.45) is -4.75. The second-order valence-electron chi connectivity index (χ2n) is 5.28. The van der Waals surface area contributed by atoms with Gasteiger partial charge < -0.3 is 15.8 Å². The van der Waals surface area contributed by atoms with Crippen molar-refractivity contribution >= 4 is 35.6 Å². The van der Waals surface area contributed by atoms with E-state index >= 15 is 0 Å². The quantitative estimate of drug-likeness (QED) is 0.390. The highest BCUT2D eigenvalue weighted by molar-refractivity contribution is 14.0. The van der Waals surface area contributed by atoms with Crippen LogP contribution < -0.4 is 15.8 Å². The smallest absolute Gasteiger partial charge is 0.405 e. The highest BCUT2D eigenvalue weighted by Crippen LogP contribution is 2.26. The molecule has 136 valence electrons. The number of anilines is 1. The minimum Gasteiger partial charge on any atom is -0.405 e. The summed E-state index contributed by atoms with van der Waals surface area (Å²) in [5.41, 5.74) is 9.09. The highest BCUT2D eigenvalue weighted by Gasteiger charge is 2.31. The molecule has 0 unspecified atom stereocenters. The molecule has 2 aromatic carbocycles. The van der Waals surface area contributed by atoms with E-state index in [2.05, 4.69) is 15.0 Å². The van der Waals surface area contributed by atoms with Crippen LogP contribution in [0.3, 0.4) is 0 Å². The van der Waals surface area contributed by atoms with Crippen LogP contribution in [0.2, 0.25) is 0 Å². The molecule has 0 heterocycles. The maximum Gasteiger partial charge on any atom is 0.573 e. The molecule has 8 heteroatoms. The fourth-order valence-corrected chi connectivity index (χ4v) is 2.04. The van der Waals surface area contributed by atoms with Gasteiger partial charge in [0, 0.05) is 11.3 Å². The Bertz CT molecular complexity index is 748. The molecule has 0 aliphatic heterocycles. The molecule has 0 spiro atoms. The van der Waals surface area contributed by atoms with Gasteiger partial charge in [0.2, 0.25) is 0 Å². The number of nitrogens with one attached hydrogen (secondary N) is 1. The molecule has 0 aromatic heterocycles. The summed E-state index contributed by atoms with van der Waals surface area (Å²) >= 11 is 0. The molecule has 2 rings (SSSR count). The van der Waals surface area contributed by atoms with Gasteiger partial charge in [0.05, 0.1) is 6.54 Å². The molecular weight excluding hydrogens is 446 g/mol. The number of para-hydroxylation sites is 1. The van der Waals surface area contributed by atoms with Crippen LogP contribution in [0.4, 0.5) is 18.9 Å². The zero-order valence-electron chi connectivity index (χ0n) is 13.7. The Hall–Kier alpha value is -1.97. The van der Waals surface area contributed by atoms with Crippen LogP contribution >= 0.6 is 24.0 Å². The zero-order chi connectivity index (χ0) is 17.7. The molecule has 0 fully saturated rings. The third-order valence-corrected chi connectivity index (χ3v) is 3.40. The van der Waals surface area contributed by atoms with E-state index in [-0.39, 0.29) is 42.2 Å². The maximum atomic E-state index is 12.4. The number of hydrogen-bond acceptors (Lipinski definition) is 2. The van der Waals surface area contributed by atoms with Gasteiger partial charge in [-0.3, -0.25) is 0 Å². The monoisotopic (exact) mass is 465 g/mol. The van der Waals surface area contributed by atoms with E-state index in [9.17, 15) is 13.2 Å². The standard InChI is InChI=1S/C17H18F3N3O.HI/c1-11-7-8-14(9-12(11)2)23-16(21)22-10-13-5-3-4-6-15(13)24-17(18,19)20;/h3-9H,10H2,1-2H3,(H3,21,22,23);1H. The number of rotatable bonds is 4. The predicted octanol–water partition coefficient (Wildman–Crippen LogP) is 4.75. The molecule has 0 amide bonds. The van der Waals surface area contributed by atoms with Crippen molar-refractivity contribution in [3.05, 3.63) is 59.2 Å². The maximum absolute atomic E-state index is 12.4. The SMILES string of the molecule is Cc1ccc(NC(N)=NCc2ccccc2OC(F)(F)F)cc1C.I. The Morgan fingerprint density at radius 3 is 2.44 bits per heavy atom. The Morgan fingerprint density at radius 2 is 1.80 bits per heavy atom. The Balaban J connectivity index is 0.00000312. The third-order valence-electron chi connectivity index (χ3n) is 3.40. The van der Waals surface area contributed by atoms with Crippen LogP contribution in [-0.2, 0) is 6.54 Å². The van der Waals surface area contributed by atoms with E-state index in [0.29, 0.717) is 5.56 Å². The average Bonchev–Trinajstić information content (AvgIpc) is 2.48. The molecular formula is C17H19F3IN3O. The number of nitrogens with zero attached hydrogens (tertiary/aromatic N) is 1. The molecule has 4 nitrogen and oxygen atoms in total. The van der Waals surface area contributed by atoms with Gasteiger partial charge in [-0.2, -0.15) is 0 Å². The van der Waals surface area contributed by atoms with Crippen LogP contribution in [0.1, 0.15) is 16.7 Å². The van der Waals surface area contributed by atoms with Gasteiger partial charge in [0.15, 0.2) is 5.96 Å². The number of aliphatic imine (C=N–C) groups is 1. The van der Waals surface area contributed by atoms with Gasteiger partial charge in [-0.05, 0) is 43.2 Å². The summed E-state index contributed by atoms with van der Waals surface area (Å²) < 4.78 is 41.1. The van der Waals surface area contributed by atoms with Crippen molar-refractivity contribution in [2.45, 2.75) is 26.8 Å². The molecule has 0 atom stereocenters. The lowest BCUT2D eigenvalue weighted by Gasteiger charge is -2.12. The van der Waals surface area contributed by atoms with Crippen LogP contribution in [0.5, 0.6) is 5.75 Å². The molecule has 0 saturated heterocycles. The zero-order valence-corrected chi connectivity index (χ0v) is 16.1. The molecule has 25 heavy (non-hydrogen) atoms. The van der Waals surface area contributed by atoms with E-state index in [1.807, 2.05) is 32.0 Å². The van der Waals surface area contributed by atoms with Crippen molar-refractivity contribution in [2.24, 2.45) is 10.7 Å². The minimum atomic E-state index is -4.75. The second kappa shape index (κ2) is 8.93. The molecule has 0 saturated carbocycles. The van der Waals surface area contributed by atoms with Crippen molar-refractivity contribution in [1.29, 1.82) is 0 Å². The fourth-order valence-electron chi connectivity index (χ4n) is 2.04. The number of halogens is 4. The lowest BCUT2D eigenvalue weighted by atomic mass is 10.1. The lowest BCUT2D eigenvalue weighted by molar-refractivity contribution is -0.274. The average molecular weight is 465 g/mol. The van der Waals surface area contributed by atoms with E-state index in [4.69, 9.17) is 5.73 Å². The van der Waals surface area contributed by atoms with Crippen molar-refractivity contribution in [1.82, 2.24) is 0 Å². The summed E-state index contributed by atoms with van der Waals surface area (Å²) in [6.45, 7) is 3.93. The number of guanidine groups is 1. The molecule has 0 aliphatic rings. The molecule has 0 bridgehead atoms. The lowest BCUT2D eigenvalue weighted by Crippen LogP contribution is -2.23. The van der Waals surface area contributed by atoms with Crippen LogP contribution in [0, 0.1) is 13.8 Å². The summed E-state index contributed by atoms with van der Waals surface area (Å²) in [6, 6.07) is 11.5. The first kappa shape index (κ1) is 21.1. The number of alkyl halides is 3. The van der Waals surface area contributed by atoms with Gasteiger partial charge in [-0.25, -0.2) is 4.99 Å². The second-order valence-corrected chi connectivity index (χ2v) is 5.28. The third kappa shape index (κ3) is 6.81. The van der Waals surface area contributed by atoms with E-state index < -0.39 is 6.36 Å². The van der Waals surface area contributed by atoms with Crippen molar-refractivity contribution in [3.63, 3.8) is 0 Å². The number of nitrogens with two attached hydrogens (primary N) is 1. The summed E-state index contributed by atoms with van der Waals surface area (Å²) in [5.74, 6) is -0.173. The minimum absolute atomic E-state index is 0. The topological polar surface area (TPSA) is 59.6 Å². The normalized spacial score (nSPS) is 11.6. The van der Waals surface area contributed by atoms with Gasteiger partial charge in [0.1, 0.15) is 5.75 Å². The summed E-state index contributed by atoms with van der Waals surface area (Å²) in [7, 11) is 0. The van der Waals surface area contributed by atoms with Crippen molar-refractivity contribution in [2.75, 3.05) is 5.32 Å². The first-order valence-electron chi connectivity index (χ1n) is 7.22. The Morgan fingerprint density at radius 1 is 1.12 bits per heavy atom. The van der Waals surface area contributed by atoms with Crippen LogP contribution in [0.25, 0.3) is 0 Å². The predicted molar refractivity (Wildman–Crippen MR) is 103 cm³/mol. The van der Waals surface area contributed by atoms with Crippen LogP contribution in [-0.4, -0.2) is 12.3 Å². The largest absolute Gasteiger partial charge is 0.573 e. The molecule has 3 N–H and O–H groups in total. The number of benzene rings is 2. The Kier molecular flexibility index (Phi) is 7.53. The van der Waals surface area contributed by atoms with Gasteiger partial charge in [-0.15, -0.1) is 37.1 Å². The van der Waals surface area contributed by atoms with Gasteiger partial charge >= 0.3 is 6.36 Å². The number of hydrogen-bond donors (Lipinski definition) is 2. The van der Waals surface area contributed by atoms with Crippen molar-refractivity contribution < 1.29 is 17.9 Å². The first-order chi connectivity index (χ1) is 11.2. The van der Waals surface area contributed by atoms with E-state index in [1.165, 1.54) is 18.2 Å².